The molecule has 0 radical (unpaired) electrons. The quantitative estimate of drug-likeness (QED) is 0.868. The maximum Gasteiger partial charge on any atom is 0.373 e. The normalized spacial score (nSPS) is 23.6. The second kappa shape index (κ2) is 3.59. The number of carbonyl (C=O) groups is 1. The molecule has 0 saturated heterocycles. The Kier molecular flexibility index (Phi) is 2.11. The average molecular weight is 247 g/mol. The maximum absolute atomic E-state index is 11.2. The van der Waals surface area contributed by atoms with Crippen LogP contribution in [0.2, 0.25) is 0 Å². The zero-order valence-electron chi connectivity index (χ0n) is 10.3. The first-order chi connectivity index (χ1) is 8.74. The summed E-state index contributed by atoms with van der Waals surface area (Å²) in [6.45, 7) is 0. The summed E-state index contributed by atoms with van der Waals surface area (Å²) in [6, 6.07) is 0. The summed E-state index contributed by atoms with van der Waals surface area (Å²) in [7, 11) is 0. The van der Waals surface area contributed by atoms with Gasteiger partial charge in [-0.2, -0.15) is 0 Å². The van der Waals surface area contributed by atoms with Gasteiger partial charge in [-0.05, 0) is 50.4 Å². The minimum absolute atomic E-state index is 0.110. The molecular weight excluding hydrogens is 230 g/mol. The number of hydrogen-bond acceptors (Lipinski definition) is 3. The maximum atomic E-state index is 11.2. The highest BCUT2D eigenvalue weighted by atomic mass is 16.4. The van der Waals surface area contributed by atoms with Crippen LogP contribution in [0.15, 0.2) is 4.42 Å². The van der Waals surface area contributed by atoms with E-state index in [-0.39, 0.29) is 5.76 Å². The van der Waals surface area contributed by atoms with Crippen LogP contribution in [0.5, 0.6) is 0 Å². The fourth-order valence-corrected chi connectivity index (χ4v) is 2.98. The van der Waals surface area contributed by atoms with Crippen molar-refractivity contribution in [2.45, 2.75) is 50.4 Å². The summed E-state index contributed by atoms with van der Waals surface area (Å²) >= 11 is 0. The molecule has 0 spiro atoms. The number of carboxylic acid groups (broad SMARTS) is 1. The molecule has 1 aromatic heterocycles. The van der Waals surface area contributed by atoms with Crippen LogP contribution in [-0.4, -0.2) is 16.1 Å². The van der Waals surface area contributed by atoms with E-state index >= 15 is 0 Å². The molecule has 3 fully saturated rings. The van der Waals surface area contributed by atoms with Gasteiger partial charge < -0.3 is 9.52 Å². The third kappa shape index (κ3) is 1.74. The predicted molar refractivity (Wildman–Crippen MR) is 63.6 cm³/mol. The van der Waals surface area contributed by atoms with Crippen LogP contribution < -0.4 is 0 Å². The lowest BCUT2D eigenvalue weighted by Gasteiger charge is -2.09. The van der Waals surface area contributed by atoms with Gasteiger partial charge in [0.1, 0.15) is 0 Å². The summed E-state index contributed by atoms with van der Waals surface area (Å²) in [6.07, 6.45) is 7.14. The van der Waals surface area contributed by atoms with Gasteiger partial charge in [0.05, 0.1) is 5.69 Å². The lowest BCUT2D eigenvalue weighted by atomic mass is 9.98. The summed E-state index contributed by atoms with van der Waals surface area (Å²) in [5.41, 5.74) is 0.712. The Morgan fingerprint density at radius 2 is 1.78 bits per heavy atom. The number of aromatic carboxylic acids is 1. The first-order valence-electron chi connectivity index (χ1n) is 6.98. The van der Waals surface area contributed by atoms with Crippen LogP contribution in [0, 0.1) is 11.8 Å². The molecule has 0 amide bonds. The van der Waals surface area contributed by atoms with Crippen LogP contribution in [0.4, 0.5) is 0 Å². The van der Waals surface area contributed by atoms with Gasteiger partial charge in [0.25, 0.3) is 0 Å². The fraction of sp³-hybridized carbons (Fsp3) is 0.714. The standard InChI is InChI=1S/C14H17NO3/c16-14(17)12-11(9-5-6-9)15-13(18-12)10(7-1-2-7)8-3-4-8/h7-10H,1-6H2,(H,16,17). The second-order valence-electron chi connectivity index (χ2n) is 6.05. The first-order valence-corrected chi connectivity index (χ1v) is 6.98. The molecular formula is C14H17NO3. The molecule has 0 unspecified atom stereocenters. The van der Waals surface area contributed by atoms with Gasteiger partial charge in [0.15, 0.2) is 5.89 Å². The molecule has 1 N–H and O–H groups in total. The summed E-state index contributed by atoms with van der Waals surface area (Å²) in [5.74, 6) is 2.01. The number of aromatic nitrogens is 1. The third-order valence-electron chi connectivity index (χ3n) is 4.37. The molecule has 4 heteroatoms. The Labute approximate surface area is 105 Å². The highest BCUT2D eigenvalue weighted by Gasteiger charge is 2.46. The van der Waals surface area contributed by atoms with Gasteiger partial charge in [-0.3, -0.25) is 0 Å². The van der Waals surface area contributed by atoms with Crippen molar-refractivity contribution in [3.05, 3.63) is 17.3 Å². The molecule has 0 bridgehead atoms. The molecule has 1 heterocycles. The molecule has 18 heavy (non-hydrogen) atoms. The third-order valence-corrected chi connectivity index (χ3v) is 4.37. The van der Waals surface area contributed by atoms with Crippen molar-refractivity contribution >= 4 is 5.97 Å². The lowest BCUT2D eigenvalue weighted by Crippen LogP contribution is -2.04. The van der Waals surface area contributed by atoms with Crippen molar-refractivity contribution in [1.82, 2.24) is 4.98 Å². The summed E-state index contributed by atoms with van der Waals surface area (Å²) in [4.78, 5) is 15.8. The van der Waals surface area contributed by atoms with Crippen LogP contribution in [-0.2, 0) is 0 Å². The minimum atomic E-state index is -0.957. The number of carboxylic acids is 1. The molecule has 3 aliphatic carbocycles. The van der Waals surface area contributed by atoms with Gasteiger partial charge in [-0.25, -0.2) is 9.78 Å². The highest BCUT2D eigenvalue weighted by Crippen LogP contribution is 2.55. The Morgan fingerprint density at radius 3 is 2.22 bits per heavy atom. The van der Waals surface area contributed by atoms with Crippen LogP contribution in [0.25, 0.3) is 0 Å². The average Bonchev–Trinajstić information content (AvgIpc) is 3.19. The molecule has 96 valence electrons. The fourth-order valence-electron chi connectivity index (χ4n) is 2.98. The van der Waals surface area contributed by atoms with E-state index < -0.39 is 5.97 Å². The van der Waals surface area contributed by atoms with Gasteiger partial charge in [-0.15, -0.1) is 0 Å². The Morgan fingerprint density at radius 1 is 1.17 bits per heavy atom. The predicted octanol–water partition coefficient (Wildman–Crippen LogP) is 3.15. The zero-order chi connectivity index (χ0) is 12.3. The van der Waals surface area contributed by atoms with Crippen molar-refractivity contribution in [3.8, 4) is 0 Å². The Bertz CT molecular complexity index is 483. The largest absolute Gasteiger partial charge is 0.475 e. The Balaban J connectivity index is 1.70. The van der Waals surface area contributed by atoms with Crippen molar-refractivity contribution in [1.29, 1.82) is 0 Å². The van der Waals surface area contributed by atoms with Gasteiger partial charge >= 0.3 is 5.97 Å². The first kappa shape index (κ1) is 10.6. The summed E-state index contributed by atoms with van der Waals surface area (Å²) < 4.78 is 5.63. The van der Waals surface area contributed by atoms with E-state index in [1.54, 1.807) is 0 Å². The smallest absolute Gasteiger partial charge is 0.373 e. The molecule has 0 aliphatic heterocycles. The van der Waals surface area contributed by atoms with Crippen LogP contribution >= 0.6 is 0 Å². The molecule has 0 atom stereocenters. The van der Waals surface area contributed by atoms with Crippen molar-refractivity contribution < 1.29 is 14.3 Å². The monoisotopic (exact) mass is 247 g/mol. The van der Waals surface area contributed by atoms with Gasteiger partial charge in [0, 0.05) is 11.8 Å². The van der Waals surface area contributed by atoms with E-state index in [1.807, 2.05) is 0 Å². The van der Waals surface area contributed by atoms with E-state index in [1.165, 1.54) is 25.7 Å². The molecule has 4 nitrogen and oxygen atoms in total. The number of rotatable bonds is 5. The van der Waals surface area contributed by atoms with Crippen LogP contribution in [0.3, 0.4) is 0 Å². The SMILES string of the molecule is O=C(O)c1oc(C(C2CC2)C2CC2)nc1C1CC1. The Hall–Kier alpha value is -1.32. The van der Waals surface area contributed by atoms with E-state index in [2.05, 4.69) is 4.98 Å². The molecule has 3 saturated carbocycles. The van der Waals surface area contributed by atoms with E-state index in [0.29, 0.717) is 29.4 Å². The topological polar surface area (TPSA) is 63.3 Å². The molecule has 1 aromatic rings. The van der Waals surface area contributed by atoms with E-state index in [9.17, 15) is 9.90 Å². The number of hydrogen-bond donors (Lipinski definition) is 1. The highest BCUT2D eigenvalue weighted by molar-refractivity contribution is 5.86. The van der Waals surface area contributed by atoms with Gasteiger partial charge in [-0.1, -0.05) is 0 Å². The van der Waals surface area contributed by atoms with Crippen LogP contribution in [0.1, 0.15) is 72.5 Å². The molecule has 4 rings (SSSR count). The summed E-state index contributed by atoms with van der Waals surface area (Å²) in [5, 5.41) is 9.21. The van der Waals surface area contributed by atoms with Crippen molar-refractivity contribution in [2.75, 3.05) is 0 Å². The number of nitrogens with zero attached hydrogens (tertiary/aromatic N) is 1. The van der Waals surface area contributed by atoms with E-state index in [4.69, 9.17) is 4.42 Å². The lowest BCUT2D eigenvalue weighted by molar-refractivity contribution is 0.0657. The number of oxazole rings is 1. The van der Waals surface area contributed by atoms with Crippen molar-refractivity contribution in [2.24, 2.45) is 11.8 Å². The molecule has 3 aliphatic rings. The zero-order valence-corrected chi connectivity index (χ0v) is 10.3. The minimum Gasteiger partial charge on any atom is -0.475 e. The second-order valence-corrected chi connectivity index (χ2v) is 6.05. The molecule has 0 aromatic carbocycles. The van der Waals surface area contributed by atoms with Crippen molar-refractivity contribution in [3.63, 3.8) is 0 Å². The van der Waals surface area contributed by atoms with Gasteiger partial charge in [0.2, 0.25) is 5.76 Å². The van der Waals surface area contributed by atoms with E-state index in [0.717, 1.165) is 18.7 Å².